The number of primary amides is 1. The molecule has 1 heterocycles. The molecule has 4 atom stereocenters. The van der Waals surface area contributed by atoms with Crippen molar-refractivity contribution in [3.05, 3.63) is 41.5 Å². The predicted octanol–water partition coefficient (Wildman–Crippen LogP) is 2.76. The Morgan fingerprint density at radius 1 is 1.02 bits per heavy atom. The molecule has 224 valence electrons. The number of carbonyl (C=O) groups excluding carboxylic acids is 4. The molecule has 2 fully saturated rings. The number of amides is 4. The van der Waals surface area contributed by atoms with E-state index in [9.17, 15) is 19.2 Å². The van der Waals surface area contributed by atoms with Gasteiger partial charge in [0.1, 0.15) is 12.1 Å². The van der Waals surface area contributed by atoms with Gasteiger partial charge in [0.2, 0.25) is 23.6 Å². The first-order chi connectivity index (χ1) is 19.6. The van der Waals surface area contributed by atoms with E-state index in [1.807, 2.05) is 18.7 Å². The number of nitrogens with one attached hydrogen (secondary N) is 2. The zero-order valence-corrected chi connectivity index (χ0v) is 24.6. The number of nitrogens with zero attached hydrogens (tertiary/aromatic N) is 1. The van der Waals surface area contributed by atoms with Gasteiger partial charge in [-0.15, -0.1) is 0 Å². The number of piperidine rings is 1. The van der Waals surface area contributed by atoms with Crippen molar-refractivity contribution < 1.29 is 19.2 Å². The Kier molecular flexibility index (Phi) is 10.2. The average Bonchev–Trinajstić information content (AvgIpc) is 3.33. The lowest BCUT2D eigenvalue weighted by molar-refractivity contribution is -0.140. The van der Waals surface area contributed by atoms with E-state index in [1.165, 1.54) is 17.5 Å². The van der Waals surface area contributed by atoms with Crippen LogP contribution in [-0.4, -0.2) is 59.7 Å². The molecule has 1 aromatic carbocycles. The maximum atomic E-state index is 13.9. The molecule has 4 amide bonds. The van der Waals surface area contributed by atoms with Gasteiger partial charge in [-0.2, -0.15) is 0 Å². The minimum Gasteiger partial charge on any atom is -0.370 e. The van der Waals surface area contributed by atoms with Gasteiger partial charge >= 0.3 is 0 Å². The molecule has 1 aliphatic heterocycles. The van der Waals surface area contributed by atoms with Crippen LogP contribution in [0.4, 0.5) is 0 Å². The lowest BCUT2D eigenvalue weighted by atomic mass is 9.74. The molecule has 1 spiro atoms. The first-order valence-corrected chi connectivity index (χ1v) is 15.4. The number of benzene rings is 1. The Morgan fingerprint density at radius 2 is 1.71 bits per heavy atom. The Bertz CT molecular complexity index is 1140. The van der Waals surface area contributed by atoms with Crippen molar-refractivity contribution in [2.75, 3.05) is 13.1 Å². The summed E-state index contributed by atoms with van der Waals surface area (Å²) >= 11 is 0. The number of hydrogen-bond acceptors (Lipinski definition) is 5. The van der Waals surface area contributed by atoms with Crippen molar-refractivity contribution in [3.63, 3.8) is 0 Å². The van der Waals surface area contributed by atoms with Crippen molar-refractivity contribution in [2.24, 2.45) is 23.3 Å². The van der Waals surface area contributed by atoms with Crippen LogP contribution >= 0.6 is 0 Å². The van der Waals surface area contributed by atoms with Crippen LogP contribution in [-0.2, 0) is 24.6 Å². The Hall–Kier alpha value is -3.20. The van der Waals surface area contributed by atoms with E-state index in [2.05, 4.69) is 47.1 Å². The number of fused-ring (bicyclic) bond motifs is 2. The normalized spacial score (nSPS) is 21.0. The van der Waals surface area contributed by atoms with Crippen molar-refractivity contribution >= 4 is 29.7 Å². The van der Waals surface area contributed by atoms with E-state index >= 15 is 0 Å². The third-order valence-electron chi connectivity index (χ3n) is 9.51. The summed E-state index contributed by atoms with van der Waals surface area (Å²) < 4.78 is 0. The second-order valence-electron chi connectivity index (χ2n) is 12.4. The van der Waals surface area contributed by atoms with Crippen molar-refractivity contribution in [3.8, 4) is 0 Å². The van der Waals surface area contributed by atoms with Crippen LogP contribution in [0.3, 0.4) is 0 Å². The van der Waals surface area contributed by atoms with Crippen LogP contribution in [0.5, 0.6) is 0 Å². The van der Waals surface area contributed by atoms with Gasteiger partial charge in [0.05, 0.1) is 12.5 Å². The smallest absolute Gasteiger partial charge is 0.245 e. The van der Waals surface area contributed by atoms with E-state index in [1.54, 1.807) is 0 Å². The van der Waals surface area contributed by atoms with Gasteiger partial charge in [-0.1, -0.05) is 88.8 Å². The monoisotopic (exact) mass is 565 g/mol. The van der Waals surface area contributed by atoms with E-state index in [0.717, 1.165) is 38.5 Å². The van der Waals surface area contributed by atoms with Crippen molar-refractivity contribution in [1.82, 2.24) is 15.5 Å². The van der Waals surface area contributed by atoms with Gasteiger partial charge in [0, 0.05) is 18.5 Å². The first-order valence-electron chi connectivity index (χ1n) is 15.4. The van der Waals surface area contributed by atoms with E-state index in [-0.39, 0.29) is 29.6 Å². The quantitative estimate of drug-likeness (QED) is 0.326. The molecule has 9 nitrogen and oxygen atoms in total. The predicted molar refractivity (Wildman–Crippen MR) is 159 cm³/mol. The molecule has 4 rings (SSSR count). The molecule has 1 saturated heterocycles. The van der Waals surface area contributed by atoms with Crippen molar-refractivity contribution in [1.29, 1.82) is 0 Å². The number of allylic oxidation sites excluding steroid dienone is 1. The highest BCUT2D eigenvalue weighted by atomic mass is 16.2. The van der Waals surface area contributed by atoms with E-state index in [4.69, 9.17) is 11.5 Å². The number of hydrogen-bond donors (Lipinski definition) is 4. The van der Waals surface area contributed by atoms with Gasteiger partial charge < -0.3 is 27.0 Å². The molecule has 1 saturated carbocycles. The summed E-state index contributed by atoms with van der Waals surface area (Å²) in [6.45, 7) is 5.21. The summed E-state index contributed by atoms with van der Waals surface area (Å²) in [4.78, 5) is 53.6. The highest BCUT2D eigenvalue weighted by molar-refractivity contribution is 5.94. The molecule has 0 radical (unpaired) electrons. The van der Waals surface area contributed by atoms with Crippen LogP contribution in [0.15, 0.2) is 30.3 Å². The molecular formula is C32H47N5O4. The van der Waals surface area contributed by atoms with Crippen molar-refractivity contribution in [2.45, 2.75) is 102 Å². The van der Waals surface area contributed by atoms with Crippen LogP contribution in [0.2, 0.25) is 0 Å². The molecule has 0 aromatic heterocycles. The molecule has 3 aliphatic rings. The number of nitrogens with two attached hydrogens (primary N) is 2. The van der Waals surface area contributed by atoms with E-state index in [0.29, 0.717) is 31.8 Å². The zero-order chi connectivity index (χ0) is 29.6. The van der Waals surface area contributed by atoms with Gasteiger partial charge in [-0.3, -0.25) is 19.2 Å². The maximum Gasteiger partial charge on any atom is 0.245 e. The number of carbonyl (C=O) groups is 4. The Labute approximate surface area is 243 Å². The van der Waals surface area contributed by atoms with Crippen LogP contribution in [0.25, 0.3) is 6.08 Å². The lowest BCUT2D eigenvalue weighted by Crippen LogP contribution is -2.59. The molecule has 6 N–H and O–H groups in total. The highest BCUT2D eigenvalue weighted by Crippen LogP contribution is 2.43. The summed E-state index contributed by atoms with van der Waals surface area (Å²) in [6.07, 6.45) is 12.4. The lowest BCUT2D eigenvalue weighted by Gasteiger charge is -2.41. The van der Waals surface area contributed by atoms with Crippen LogP contribution < -0.4 is 22.1 Å². The maximum absolute atomic E-state index is 13.9. The molecule has 1 aromatic rings. The second kappa shape index (κ2) is 13.6. The molecule has 0 unspecified atom stereocenters. The topological polar surface area (TPSA) is 148 Å². The molecule has 0 bridgehead atoms. The molecule has 41 heavy (non-hydrogen) atoms. The third kappa shape index (κ3) is 7.36. The first kappa shape index (κ1) is 30.8. The fourth-order valence-corrected chi connectivity index (χ4v) is 6.71. The highest BCUT2D eigenvalue weighted by Gasteiger charge is 2.41. The Balaban J connectivity index is 1.44. The number of rotatable bonds is 11. The Morgan fingerprint density at radius 3 is 2.37 bits per heavy atom. The molecular weight excluding hydrogens is 518 g/mol. The van der Waals surface area contributed by atoms with Crippen LogP contribution in [0.1, 0.15) is 89.2 Å². The number of likely N-dealkylation sites (tertiary alicyclic amines) is 1. The summed E-state index contributed by atoms with van der Waals surface area (Å²) in [5.41, 5.74) is 13.6. The van der Waals surface area contributed by atoms with Gasteiger partial charge in [-0.05, 0) is 42.2 Å². The van der Waals surface area contributed by atoms with Crippen LogP contribution in [0, 0.1) is 11.8 Å². The molecule has 2 aliphatic carbocycles. The summed E-state index contributed by atoms with van der Waals surface area (Å²) in [7, 11) is 0. The second-order valence-corrected chi connectivity index (χ2v) is 12.4. The fourth-order valence-electron chi connectivity index (χ4n) is 6.71. The summed E-state index contributed by atoms with van der Waals surface area (Å²) in [5, 5.41) is 5.80. The fraction of sp³-hybridized carbons (Fsp3) is 0.625. The SMILES string of the molecule is CC[C@H](C)[C@H](NC(=O)[C@H](CC1CCCCC1)NC(=O)[C@@H](N)CC(N)=O)C(=O)N1CCC2(C=Cc3ccccc32)CC1. The minimum atomic E-state index is -1.13. The third-order valence-corrected chi connectivity index (χ3v) is 9.51. The standard InChI is InChI=1S/C32H47N5O4/c1-3-21(2)28(31(41)37-17-15-32(16-18-37)14-13-23-11-7-8-12-24(23)32)36-30(40)26(19-22-9-5-4-6-10-22)35-29(39)25(33)20-27(34)38/h7-8,11-14,21-22,25-26,28H,3-6,9-10,15-20,33H2,1-2H3,(H2,34,38)(H,35,39)(H,36,40)/t21-,25-,26-,28-/m0/s1. The largest absolute Gasteiger partial charge is 0.370 e. The van der Waals surface area contributed by atoms with Gasteiger partial charge in [0.25, 0.3) is 0 Å². The zero-order valence-electron chi connectivity index (χ0n) is 24.6. The summed E-state index contributed by atoms with van der Waals surface area (Å²) in [5.74, 6) is -1.51. The van der Waals surface area contributed by atoms with E-state index < -0.39 is 29.9 Å². The average molecular weight is 566 g/mol. The van der Waals surface area contributed by atoms with Gasteiger partial charge in [0.15, 0.2) is 0 Å². The van der Waals surface area contributed by atoms with Gasteiger partial charge in [-0.25, -0.2) is 0 Å². The molecule has 9 heteroatoms. The summed E-state index contributed by atoms with van der Waals surface area (Å²) in [6, 6.07) is 5.78. The minimum absolute atomic E-state index is 0.0401.